The van der Waals surface area contributed by atoms with Crippen LogP contribution in [-0.2, 0) is 9.53 Å². The maximum Gasteiger partial charge on any atom is 0.409 e. The van der Waals surface area contributed by atoms with Gasteiger partial charge in [-0.1, -0.05) is 11.6 Å². The minimum atomic E-state index is -0.416. The molecular weight excluding hydrogens is 308 g/mol. The summed E-state index contributed by atoms with van der Waals surface area (Å²) in [5, 5.41) is 4.79. The lowest BCUT2D eigenvalue weighted by Crippen LogP contribution is -2.52. The number of hydrogen-bond donors (Lipinski definition) is 0. The Hall–Kier alpha value is -1.76. The SMILES string of the molecule is CCOC(=O)N1CCN(C(=O)C(C)n2cc(Cl)c(C)n2)CC1. The highest BCUT2D eigenvalue weighted by Gasteiger charge is 2.28. The van der Waals surface area contributed by atoms with Crippen molar-refractivity contribution >= 4 is 23.6 Å². The predicted octanol–water partition coefficient (Wildman–Crippen LogP) is 1.71. The Balaban J connectivity index is 1.93. The number of aryl methyl sites for hydroxylation is 1. The van der Waals surface area contributed by atoms with Gasteiger partial charge in [-0.3, -0.25) is 9.48 Å². The lowest BCUT2D eigenvalue weighted by Gasteiger charge is -2.35. The molecule has 1 aromatic rings. The van der Waals surface area contributed by atoms with E-state index in [2.05, 4.69) is 5.10 Å². The molecule has 1 fully saturated rings. The Bertz CT molecular complexity index is 533. The normalized spacial score (nSPS) is 16.5. The fourth-order valence-corrected chi connectivity index (χ4v) is 2.50. The maximum atomic E-state index is 12.5. The van der Waals surface area contributed by atoms with E-state index >= 15 is 0 Å². The highest BCUT2D eigenvalue weighted by Crippen LogP contribution is 2.18. The summed E-state index contributed by atoms with van der Waals surface area (Å²) in [6, 6.07) is -0.416. The summed E-state index contributed by atoms with van der Waals surface area (Å²) in [5.74, 6) is -0.0253. The second-order valence-electron chi connectivity index (χ2n) is 5.23. The van der Waals surface area contributed by atoms with E-state index in [-0.39, 0.29) is 12.0 Å². The number of hydrogen-bond acceptors (Lipinski definition) is 4. The summed E-state index contributed by atoms with van der Waals surface area (Å²) in [4.78, 5) is 27.5. The fourth-order valence-electron chi connectivity index (χ4n) is 2.36. The van der Waals surface area contributed by atoms with Crippen molar-refractivity contribution in [3.05, 3.63) is 16.9 Å². The summed E-state index contributed by atoms with van der Waals surface area (Å²) in [5.41, 5.74) is 0.702. The average Bonchev–Trinajstić information content (AvgIpc) is 2.85. The van der Waals surface area contributed by atoms with E-state index in [4.69, 9.17) is 16.3 Å². The van der Waals surface area contributed by atoms with Gasteiger partial charge in [0.05, 0.1) is 17.3 Å². The molecule has 1 unspecified atom stereocenters. The van der Waals surface area contributed by atoms with Crippen molar-refractivity contribution in [2.24, 2.45) is 0 Å². The first-order valence-electron chi connectivity index (χ1n) is 7.35. The zero-order chi connectivity index (χ0) is 16.3. The monoisotopic (exact) mass is 328 g/mol. The average molecular weight is 329 g/mol. The van der Waals surface area contributed by atoms with Crippen LogP contribution in [0.3, 0.4) is 0 Å². The third-order valence-corrected chi connectivity index (χ3v) is 4.10. The van der Waals surface area contributed by atoms with E-state index in [0.717, 1.165) is 0 Å². The van der Waals surface area contributed by atoms with E-state index in [1.54, 1.807) is 41.4 Å². The second-order valence-corrected chi connectivity index (χ2v) is 5.64. The minimum Gasteiger partial charge on any atom is -0.450 e. The Morgan fingerprint density at radius 3 is 2.41 bits per heavy atom. The summed E-state index contributed by atoms with van der Waals surface area (Å²) in [6.45, 7) is 7.68. The van der Waals surface area contributed by atoms with Crippen LogP contribution in [0.25, 0.3) is 0 Å². The van der Waals surface area contributed by atoms with Gasteiger partial charge in [0.2, 0.25) is 5.91 Å². The van der Waals surface area contributed by atoms with Crippen molar-refractivity contribution in [2.75, 3.05) is 32.8 Å². The molecule has 2 rings (SSSR count). The number of carbonyl (C=O) groups is 2. The molecule has 1 atom stereocenters. The first kappa shape index (κ1) is 16.6. The molecule has 0 bridgehead atoms. The van der Waals surface area contributed by atoms with Gasteiger partial charge in [-0.15, -0.1) is 0 Å². The second kappa shape index (κ2) is 7.00. The number of nitrogens with zero attached hydrogens (tertiary/aromatic N) is 4. The van der Waals surface area contributed by atoms with Crippen LogP contribution in [0.4, 0.5) is 4.79 Å². The van der Waals surface area contributed by atoms with Crippen LogP contribution in [0.2, 0.25) is 5.02 Å². The molecule has 1 saturated heterocycles. The van der Waals surface area contributed by atoms with Crippen LogP contribution in [-0.4, -0.2) is 64.4 Å². The van der Waals surface area contributed by atoms with Crippen LogP contribution < -0.4 is 0 Å². The lowest BCUT2D eigenvalue weighted by molar-refractivity contribution is -0.136. The lowest BCUT2D eigenvalue weighted by atomic mass is 10.2. The third-order valence-electron chi connectivity index (χ3n) is 3.73. The van der Waals surface area contributed by atoms with Gasteiger partial charge in [-0.25, -0.2) is 4.79 Å². The van der Waals surface area contributed by atoms with Crippen LogP contribution in [0.1, 0.15) is 25.6 Å². The molecule has 0 spiro atoms. The number of aromatic nitrogens is 2. The van der Waals surface area contributed by atoms with Gasteiger partial charge in [0.25, 0.3) is 0 Å². The first-order valence-corrected chi connectivity index (χ1v) is 7.73. The molecule has 2 amide bonds. The number of carbonyl (C=O) groups excluding carboxylic acids is 2. The molecule has 0 aliphatic carbocycles. The fraction of sp³-hybridized carbons (Fsp3) is 0.643. The number of ether oxygens (including phenoxy) is 1. The smallest absolute Gasteiger partial charge is 0.409 e. The van der Waals surface area contributed by atoms with E-state index in [0.29, 0.717) is 43.5 Å². The first-order chi connectivity index (χ1) is 10.4. The molecule has 1 aliphatic heterocycles. The zero-order valence-corrected chi connectivity index (χ0v) is 13.8. The molecule has 2 heterocycles. The molecule has 22 heavy (non-hydrogen) atoms. The Kier molecular flexibility index (Phi) is 5.28. The largest absolute Gasteiger partial charge is 0.450 e. The summed E-state index contributed by atoms with van der Waals surface area (Å²) in [6.07, 6.45) is 1.34. The number of rotatable bonds is 3. The Morgan fingerprint density at radius 2 is 1.91 bits per heavy atom. The van der Waals surface area contributed by atoms with Crippen molar-refractivity contribution in [2.45, 2.75) is 26.8 Å². The highest BCUT2D eigenvalue weighted by atomic mass is 35.5. The predicted molar refractivity (Wildman–Crippen MR) is 81.9 cm³/mol. The van der Waals surface area contributed by atoms with Gasteiger partial charge >= 0.3 is 6.09 Å². The van der Waals surface area contributed by atoms with Gasteiger partial charge in [-0.05, 0) is 20.8 Å². The van der Waals surface area contributed by atoms with Crippen LogP contribution in [0.5, 0.6) is 0 Å². The summed E-state index contributed by atoms with van der Waals surface area (Å²) >= 11 is 5.98. The number of piperazine rings is 1. The Labute approximate surface area is 134 Å². The molecule has 0 aromatic carbocycles. The molecule has 0 N–H and O–H groups in total. The third kappa shape index (κ3) is 3.52. The number of halogens is 1. The summed E-state index contributed by atoms with van der Waals surface area (Å²) < 4.78 is 6.55. The zero-order valence-electron chi connectivity index (χ0n) is 13.1. The molecule has 1 aromatic heterocycles. The minimum absolute atomic E-state index is 0.0253. The molecule has 122 valence electrons. The summed E-state index contributed by atoms with van der Waals surface area (Å²) in [7, 11) is 0. The van der Waals surface area contributed by atoms with Crippen LogP contribution in [0, 0.1) is 6.92 Å². The molecule has 8 heteroatoms. The quantitative estimate of drug-likeness (QED) is 0.847. The van der Waals surface area contributed by atoms with E-state index in [9.17, 15) is 9.59 Å². The van der Waals surface area contributed by atoms with Gasteiger partial charge in [0.15, 0.2) is 0 Å². The maximum absolute atomic E-state index is 12.5. The highest BCUT2D eigenvalue weighted by molar-refractivity contribution is 6.31. The molecule has 7 nitrogen and oxygen atoms in total. The van der Waals surface area contributed by atoms with Gasteiger partial charge in [0.1, 0.15) is 6.04 Å². The standard InChI is InChI=1S/C14H21ClN4O3/c1-4-22-14(21)18-7-5-17(6-8-18)13(20)11(3)19-9-12(15)10(2)16-19/h9,11H,4-8H2,1-3H3. The van der Waals surface area contributed by atoms with Crippen molar-refractivity contribution in [3.63, 3.8) is 0 Å². The van der Waals surface area contributed by atoms with Crippen LogP contribution in [0.15, 0.2) is 6.20 Å². The van der Waals surface area contributed by atoms with Gasteiger partial charge < -0.3 is 14.5 Å². The van der Waals surface area contributed by atoms with Crippen LogP contribution >= 0.6 is 11.6 Å². The number of amides is 2. The topological polar surface area (TPSA) is 67.7 Å². The molecule has 0 radical (unpaired) electrons. The molecule has 1 aliphatic rings. The van der Waals surface area contributed by atoms with E-state index < -0.39 is 6.04 Å². The Morgan fingerprint density at radius 1 is 1.32 bits per heavy atom. The molecule has 0 saturated carbocycles. The van der Waals surface area contributed by atoms with E-state index in [1.165, 1.54) is 0 Å². The van der Waals surface area contributed by atoms with Crippen molar-refractivity contribution in [1.82, 2.24) is 19.6 Å². The van der Waals surface area contributed by atoms with Gasteiger partial charge in [-0.2, -0.15) is 5.10 Å². The van der Waals surface area contributed by atoms with Gasteiger partial charge in [0, 0.05) is 32.4 Å². The molecular formula is C14H21ClN4O3. The van der Waals surface area contributed by atoms with Crippen molar-refractivity contribution in [1.29, 1.82) is 0 Å². The van der Waals surface area contributed by atoms with Crippen molar-refractivity contribution < 1.29 is 14.3 Å². The van der Waals surface area contributed by atoms with Crippen molar-refractivity contribution in [3.8, 4) is 0 Å². The van der Waals surface area contributed by atoms with E-state index in [1.807, 2.05) is 0 Å².